The summed E-state index contributed by atoms with van der Waals surface area (Å²) in [5, 5.41) is 10.5. The molecule has 1 saturated heterocycles. The molecule has 2 saturated carbocycles. The van der Waals surface area contributed by atoms with Crippen LogP contribution in [0.25, 0.3) is 0 Å². The van der Waals surface area contributed by atoms with E-state index < -0.39 is 77.2 Å². The molecule has 3 fully saturated rings. The molecule has 3 aliphatic rings. The molecule has 1 aromatic rings. The van der Waals surface area contributed by atoms with Gasteiger partial charge in [-0.1, -0.05) is 77.8 Å². The molecular weight excluding hydrogens is 668 g/mol. The van der Waals surface area contributed by atoms with Crippen LogP contribution in [0.15, 0.2) is 30.3 Å². The highest BCUT2D eigenvalue weighted by Crippen LogP contribution is 2.65. The first-order valence-electron chi connectivity index (χ1n) is 18.0. The number of piperidine rings is 1. The van der Waals surface area contributed by atoms with Gasteiger partial charge in [-0.3, -0.25) is 28.8 Å². The molecule has 1 aliphatic heterocycles. The number of fused-ring (bicyclic) bond motifs is 1. The van der Waals surface area contributed by atoms with Crippen LogP contribution in [0.4, 0.5) is 4.79 Å². The summed E-state index contributed by atoms with van der Waals surface area (Å²) in [5.41, 5.74) is -1.20. The summed E-state index contributed by atoms with van der Waals surface area (Å²) in [4.78, 5) is 96.4. The predicted molar refractivity (Wildman–Crippen MR) is 192 cm³/mol. The molecule has 14 heteroatoms. The number of benzene rings is 1. The van der Waals surface area contributed by atoms with Crippen LogP contribution in [-0.4, -0.2) is 102 Å². The van der Waals surface area contributed by atoms with E-state index in [2.05, 4.69) is 21.3 Å². The number of nitrogens with zero attached hydrogens (tertiary/aromatic N) is 2. The van der Waals surface area contributed by atoms with Crippen LogP contribution in [0.2, 0.25) is 0 Å². The number of amides is 6. The lowest BCUT2D eigenvalue weighted by atomic mass is 9.85. The molecule has 6 atom stereocenters. The lowest BCUT2D eigenvalue weighted by Crippen LogP contribution is -2.61. The van der Waals surface area contributed by atoms with Gasteiger partial charge in [-0.2, -0.15) is 0 Å². The van der Waals surface area contributed by atoms with Gasteiger partial charge >= 0.3 is 6.09 Å². The van der Waals surface area contributed by atoms with E-state index in [-0.39, 0.29) is 35.5 Å². The zero-order valence-corrected chi connectivity index (χ0v) is 32.1. The number of hydrogen-bond acceptors (Lipinski definition) is 8. The first-order valence-corrected chi connectivity index (χ1v) is 18.0. The number of Topliss-reactive ketones (excluding diaryl/α,β-unsaturated/α-hetero) is 1. The van der Waals surface area contributed by atoms with Crippen LogP contribution in [-0.2, 0) is 33.5 Å². The standard InChI is InChI=1S/C38H56N6O8/c1-36(2,3)30(42-35(51)52-37(4,5)6)34(50)44-20-23-26(38(23,7)8)28(44)31(47)40-24(18-21-16-17-21)29(46)32(48)39-19-25(45)41-27(33(49)43(9)10)22-14-12-11-13-15-22/h11-15,21,23-24,26-28,30H,16-20H2,1-10H3,(H,39,48)(H,40,47)(H,41,45)(H,42,51)/t23-,24?,26?,27-,28?,30?/m0/s1. The number of likely N-dealkylation sites (tertiary alicyclic amines) is 1. The zero-order chi connectivity index (χ0) is 38.9. The fourth-order valence-electron chi connectivity index (χ4n) is 7.04. The monoisotopic (exact) mass is 724 g/mol. The Morgan fingerprint density at radius 3 is 2.08 bits per heavy atom. The number of carbonyl (C=O) groups excluding carboxylic acids is 7. The summed E-state index contributed by atoms with van der Waals surface area (Å²) in [6.45, 7) is 14.4. The van der Waals surface area contributed by atoms with E-state index in [0.29, 0.717) is 12.1 Å². The summed E-state index contributed by atoms with van der Waals surface area (Å²) >= 11 is 0. The van der Waals surface area contributed by atoms with E-state index in [1.165, 1.54) is 9.80 Å². The summed E-state index contributed by atoms with van der Waals surface area (Å²) in [5.74, 6) is -3.99. The average molecular weight is 725 g/mol. The first-order chi connectivity index (χ1) is 24.0. The van der Waals surface area contributed by atoms with Crippen molar-refractivity contribution in [3.05, 3.63) is 35.9 Å². The Labute approximate surface area is 306 Å². The fraction of sp³-hybridized carbons (Fsp3) is 0.658. The van der Waals surface area contributed by atoms with Crippen molar-refractivity contribution >= 4 is 41.4 Å². The number of carbonyl (C=O) groups is 7. The molecule has 0 bridgehead atoms. The van der Waals surface area contributed by atoms with Crippen molar-refractivity contribution in [1.82, 2.24) is 31.1 Å². The number of ketones is 1. The average Bonchev–Trinajstić information content (AvgIpc) is 3.90. The van der Waals surface area contributed by atoms with Crippen LogP contribution < -0.4 is 21.3 Å². The zero-order valence-electron chi connectivity index (χ0n) is 32.1. The van der Waals surface area contributed by atoms with Gasteiger partial charge in [0.25, 0.3) is 5.91 Å². The molecule has 0 radical (unpaired) electrons. The van der Waals surface area contributed by atoms with E-state index >= 15 is 0 Å². The number of ether oxygens (including phenoxy) is 1. The summed E-state index contributed by atoms with van der Waals surface area (Å²) in [7, 11) is 3.13. The maximum atomic E-state index is 14.2. The Morgan fingerprint density at radius 1 is 0.923 bits per heavy atom. The van der Waals surface area contributed by atoms with Gasteiger partial charge in [0.2, 0.25) is 29.4 Å². The van der Waals surface area contributed by atoms with Crippen molar-refractivity contribution < 1.29 is 38.3 Å². The highest BCUT2D eigenvalue weighted by Gasteiger charge is 2.70. The SMILES string of the molecule is CN(C)C(=O)[C@@H](NC(=O)CNC(=O)C(=O)C(CC1CC1)NC(=O)C1C2[C@H](CN1C(=O)C(NC(=O)OC(C)(C)C)C(C)(C)C)C2(C)C)c1ccccc1. The molecule has 6 amide bonds. The predicted octanol–water partition coefficient (Wildman–Crippen LogP) is 2.32. The van der Waals surface area contributed by atoms with Gasteiger partial charge in [0.1, 0.15) is 23.7 Å². The van der Waals surface area contributed by atoms with Crippen molar-refractivity contribution in [3.63, 3.8) is 0 Å². The van der Waals surface area contributed by atoms with E-state index in [0.717, 1.165) is 12.8 Å². The second-order valence-electron chi connectivity index (χ2n) is 17.3. The van der Waals surface area contributed by atoms with Crippen molar-refractivity contribution in [3.8, 4) is 0 Å². The van der Waals surface area contributed by atoms with Crippen LogP contribution in [0.1, 0.15) is 86.3 Å². The van der Waals surface area contributed by atoms with Crippen molar-refractivity contribution in [2.45, 2.75) is 104 Å². The Kier molecular flexibility index (Phi) is 11.8. The second-order valence-corrected chi connectivity index (χ2v) is 17.3. The molecule has 0 aromatic heterocycles. The minimum atomic E-state index is -1.17. The number of nitrogens with one attached hydrogen (secondary N) is 4. The number of alkyl carbamates (subject to hydrolysis) is 1. The molecule has 4 unspecified atom stereocenters. The summed E-state index contributed by atoms with van der Waals surface area (Å²) in [6, 6.07) is 4.55. The highest BCUT2D eigenvalue weighted by atomic mass is 16.6. The fourth-order valence-corrected chi connectivity index (χ4v) is 7.04. The third-order valence-corrected chi connectivity index (χ3v) is 10.2. The van der Waals surface area contributed by atoms with Crippen molar-refractivity contribution in [2.75, 3.05) is 27.2 Å². The molecule has 1 heterocycles. The molecule has 0 spiro atoms. The van der Waals surface area contributed by atoms with E-state index in [1.807, 2.05) is 34.6 Å². The van der Waals surface area contributed by atoms with Crippen LogP contribution in [0.3, 0.4) is 0 Å². The topological polar surface area (TPSA) is 183 Å². The summed E-state index contributed by atoms with van der Waals surface area (Å²) < 4.78 is 5.43. The van der Waals surface area contributed by atoms with Crippen LogP contribution in [0, 0.1) is 28.6 Å². The smallest absolute Gasteiger partial charge is 0.408 e. The molecule has 286 valence electrons. The Morgan fingerprint density at radius 2 is 1.54 bits per heavy atom. The van der Waals surface area contributed by atoms with E-state index in [4.69, 9.17) is 4.74 Å². The second kappa shape index (κ2) is 15.2. The molecule has 4 rings (SSSR count). The number of hydrogen-bond donors (Lipinski definition) is 4. The van der Waals surface area contributed by atoms with E-state index in [9.17, 15) is 33.6 Å². The minimum Gasteiger partial charge on any atom is -0.444 e. The van der Waals surface area contributed by atoms with Gasteiger partial charge in [0, 0.05) is 20.6 Å². The molecule has 52 heavy (non-hydrogen) atoms. The maximum absolute atomic E-state index is 14.2. The van der Waals surface area contributed by atoms with Gasteiger partial charge in [0.15, 0.2) is 0 Å². The van der Waals surface area contributed by atoms with Gasteiger partial charge in [0.05, 0.1) is 12.6 Å². The molecule has 4 N–H and O–H groups in total. The van der Waals surface area contributed by atoms with Crippen LogP contribution >= 0.6 is 0 Å². The Bertz CT molecular complexity index is 1560. The van der Waals surface area contributed by atoms with Gasteiger partial charge in [-0.25, -0.2) is 4.79 Å². The molecular formula is C38H56N6O8. The third kappa shape index (κ3) is 9.68. The third-order valence-electron chi connectivity index (χ3n) is 10.2. The molecule has 2 aliphatic carbocycles. The van der Waals surface area contributed by atoms with Gasteiger partial charge in [-0.05, 0) is 61.3 Å². The van der Waals surface area contributed by atoms with Gasteiger partial charge in [-0.15, -0.1) is 0 Å². The normalized spacial score (nSPS) is 22.1. The van der Waals surface area contributed by atoms with Crippen LogP contribution in [0.5, 0.6) is 0 Å². The lowest BCUT2D eigenvalue weighted by molar-refractivity contribution is -0.145. The number of likely N-dealkylation sites (N-methyl/N-ethyl adjacent to an activating group) is 1. The van der Waals surface area contributed by atoms with Crippen molar-refractivity contribution in [1.29, 1.82) is 0 Å². The van der Waals surface area contributed by atoms with Crippen molar-refractivity contribution in [2.24, 2.45) is 28.6 Å². The Hall–Kier alpha value is -4.49. The first kappa shape index (κ1) is 40.3. The lowest BCUT2D eigenvalue weighted by Gasteiger charge is -2.38. The summed E-state index contributed by atoms with van der Waals surface area (Å²) in [6.07, 6.45) is 1.18. The highest BCUT2D eigenvalue weighted by molar-refractivity contribution is 6.38. The quantitative estimate of drug-likeness (QED) is 0.224. The minimum absolute atomic E-state index is 0.0350. The number of rotatable bonds is 13. The molecule has 14 nitrogen and oxygen atoms in total. The largest absolute Gasteiger partial charge is 0.444 e. The van der Waals surface area contributed by atoms with E-state index in [1.54, 1.807) is 65.2 Å². The Balaban J connectivity index is 1.46. The molecule has 1 aromatic carbocycles. The van der Waals surface area contributed by atoms with Gasteiger partial charge < -0.3 is 35.8 Å². The maximum Gasteiger partial charge on any atom is 0.408 e.